The van der Waals surface area contributed by atoms with E-state index in [9.17, 15) is 43.5 Å². The Morgan fingerprint density at radius 2 is 1.02 bits per heavy atom. The number of aliphatic hydroxyl groups is 1. The van der Waals surface area contributed by atoms with Crippen molar-refractivity contribution in [2.24, 2.45) is 0 Å². The number of cyclic esters (lactones) is 2. The van der Waals surface area contributed by atoms with Gasteiger partial charge in [0.1, 0.15) is 32.5 Å². The first-order valence-electron chi connectivity index (χ1n) is 14.4. The predicted octanol–water partition coefficient (Wildman–Crippen LogP) is 2.22. The molecule has 1 heterocycles. The van der Waals surface area contributed by atoms with Crippen LogP contribution in [0.25, 0.3) is 0 Å². The van der Waals surface area contributed by atoms with Crippen molar-refractivity contribution >= 4 is 47.8 Å². The first kappa shape index (κ1) is 45.0. The largest absolute Gasteiger partial charge is 0.481 e. The van der Waals surface area contributed by atoms with E-state index >= 15 is 0 Å². The highest BCUT2D eigenvalue weighted by Gasteiger charge is 2.20. The molecule has 16 heteroatoms. The van der Waals surface area contributed by atoms with Gasteiger partial charge < -0.3 is 38.6 Å². The maximum atomic E-state index is 11.7. The van der Waals surface area contributed by atoms with Gasteiger partial charge >= 0.3 is 47.8 Å². The number of aliphatic carboxylic acids is 1. The van der Waals surface area contributed by atoms with Crippen LogP contribution in [0.2, 0.25) is 0 Å². The summed E-state index contributed by atoms with van der Waals surface area (Å²) in [4.78, 5) is 87.2. The Morgan fingerprint density at radius 3 is 1.31 bits per heavy atom. The minimum absolute atomic E-state index is 0.109. The zero-order valence-corrected chi connectivity index (χ0v) is 27.7. The fourth-order valence-corrected chi connectivity index (χ4v) is 2.57. The highest BCUT2D eigenvalue weighted by atomic mass is 16.6. The lowest BCUT2D eigenvalue weighted by Crippen LogP contribution is -2.31. The lowest BCUT2D eigenvalue weighted by atomic mass is 10.2. The van der Waals surface area contributed by atoms with Crippen molar-refractivity contribution in [2.75, 3.05) is 26.4 Å². The topological polar surface area (TPSA) is 232 Å². The molecule has 1 rings (SSSR count). The van der Waals surface area contributed by atoms with Crippen LogP contribution in [0.4, 0.5) is 0 Å². The number of ether oxygens (including phenoxy) is 6. The van der Waals surface area contributed by atoms with Crippen molar-refractivity contribution in [3.63, 3.8) is 0 Å². The summed E-state index contributed by atoms with van der Waals surface area (Å²) >= 11 is 0. The van der Waals surface area contributed by atoms with E-state index in [0.717, 1.165) is 0 Å². The molecule has 268 valence electrons. The lowest BCUT2D eigenvalue weighted by Gasteiger charge is -2.18. The molecule has 16 nitrogen and oxygen atoms in total. The summed E-state index contributed by atoms with van der Waals surface area (Å²) in [6.45, 7) is 18.4. The van der Waals surface area contributed by atoms with Gasteiger partial charge in [-0.2, -0.15) is 0 Å². The number of hydrogen-bond donors (Lipinski definition) is 2. The van der Waals surface area contributed by atoms with Gasteiger partial charge in [-0.15, -0.1) is 0 Å². The average Bonchev–Trinajstić information content (AvgIpc) is 2.99. The van der Waals surface area contributed by atoms with Crippen molar-refractivity contribution in [2.45, 2.75) is 78.4 Å². The number of carboxylic acid groups (broad SMARTS) is 1. The minimum atomic E-state index is -1.05. The van der Waals surface area contributed by atoms with Crippen LogP contribution in [0.1, 0.15) is 66.2 Å². The fourth-order valence-electron chi connectivity index (χ4n) is 2.57. The van der Waals surface area contributed by atoms with Crippen molar-refractivity contribution < 1.29 is 77.0 Å². The number of carboxylic acids is 1. The molecule has 1 fully saturated rings. The molecule has 48 heavy (non-hydrogen) atoms. The van der Waals surface area contributed by atoms with Crippen LogP contribution in [0.3, 0.4) is 0 Å². The summed E-state index contributed by atoms with van der Waals surface area (Å²) in [5.74, 6) is -5.01. The summed E-state index contributed by atoms with van der Waals surface area (Å²) in [5, 5.41) is 17.8. The van der Waals surface area contributed by atoms with E-state index in [4.69, 9.17) is 19.3 Å². The van der Waals surface area contributed by atoms with Gasteiger partial charge in [0.05, 0.1) is 0 Å². The molecule has 0 aromatic rings. The molecule has 0 atom stereocenters. The number of rotatable bonds is 17. The number of esters is 7. The molecule has 0 spiro atoms. The lowest BCUT2D eigenvalue weighted by molar-refractivity contribution is -0.164. The maximum Gasteiger partial charge on any atom is 0.333 e. The van der Waals surface area contributed by atoms with E-state index in [2.05, 4.69) is 40.5 Å². The van der Waals surface area contributed by atoms with Crippen molar-refractivity contribution in [1.82, 2.24) is 0 Å². The van der Waals surface area contributed by atoms with Gasteiger partial charge in [-0.25, -0.2) is 19.2 Å². The molecule has 1 aliphatic rings. The Hall–Kier alpha value is -5.12. The van der Waals surface area contributed by atoms with Crippen LogP contribution in [0.5, 0.6) is 0 Å². The van der Waals surface area contributed by atoms with Gasteiger partial charge in [-0.05, 0) is 40.5 Å². The standard InChI is InChI=1S/C16H22O8.C11H16O5.C5H6O3/c1-10(2)15(20)22-8-12(9-23-16(21)11(3)4)24-14(19)7-5-6-13(17)18;1-7(2)10(13)15-5-9(12)6-16-11(14)8(3)4;6-4-2-1-3-5(7)8-4/h12H,1,3,5-9H2,2,4H3,(H,17,18);9,12H,1,3,5-6H2,2,4H3;1-3H2. The van der Waals surface area contributed by atoms with Crippen molar-refractivity contribution in [3.05, 3.63) is 48.6 Å². The molecular formula is C32H44O16. The highest BCUT2D eigenvalue weighted by Crippen LogP contribution is 2.07. The highest BCUT2D eigenvalue weighted by molar-refractivity contribution is 5.89. The van der Waals surface area contributed by atoms with Gasteiger partial charge in [0.2, 0.25) is 0 Å². The second kappa shape index (κ2) is 25.0. The van der Waals surface area contributed by atoms with Gasteiger partial charge in [-0.3, -0.25) is 19.2 Å². The zero-order chi connectivity index (χ0) is 37.4. The molecule has 1 aliphatic heterocycles. The Kier molecular flexibility index (Phi) is 23.5. The number of aliphatic hydroxyl groups excluding tert-OH is 1. The van der Waals surface area contributed by atoms with Crippen LogP contribution in [-0.4, -0.2) is 96.6 Å². The number of carbonyl (C=O) groups excluding carboxylic acids is 7. The Labute approximate surface area is 278 Å². The monoisotopic (exact) mass is 684 g/mol. The fraction of sp³-hybridized carbons (Fsp3) is 0.500. The molecule has 0 amide bonds. The quantitative estimate of drug-likeness (QED) is 0.0967. The molecular weight excluding hydrogens is 640 g/mol. The van der Waals surface area contributed by atoms with Crippen LogP contribution < -0.4 is 0 Å². The summed E-state index contributed by atoms with van der Waals surface area (Å²) in [7, 11) is 0. The maximum absolute atomic E-state index is 11.7. The van der Waals surface area contributed by atoms with Crippen LogP contribution in [-0.2, 0) is 66.8 Å². The number of hydrogen-bond acceptors (Lipinski definition) is 15. The molecule has 0 bridgehead atoms. The number of carbonyl (C=O) groups is 8. The summed E-state index contributed by atoms with van der Waals surface area (Å²) in [6.07, 6.45) is -0.797. The van der Waals surface area contributed by atoms with Gasteiger partial charge in [-0.1, -0.05) is 26.3 Å². The Balaban J connectivity index is 0. The second-order valence-corrected chi connectivity index (χ2v) is 10.2. The molecule has 1 saturated heterocycles. The van der Waals surface area contributed by atoms with Crippen LogP contribution in [0, 0.1) is 0 Å². The van der Waals surface area contributed by atoms with E-state index < -0.39 is 48.0 Å². The Bertz CT molecular complexity index is 1150. The molecule has 0 aliphatic carbocycles. The van der Waals surface area contributed by atoms with E-state index in [1.54, 1.807) is 0 Å². The molecule has 0 aromatic heterocycles. The normalized spacial score (nSPS) is 11.6. The second-order valence-electron chi connectivity index (χ2n) is 10.2. The molecule has 0 unspecified atom stereocenters. The van der Waals surface area contributed by atoms with E-state index in [-0.39, 0.29) is 79.9 Å². The van der Waals surface area contributed by atoms with Gasteiger partial charge in [0.15, 0.2) is 6.10 Å². The predicted molar refractivity (Wildman–Crippen MR) is 165 cm³/mol. The first-order valence-corrected chi connectivity index (χ1v) is 14.4. The third-order valence-electron chi connectivity index (χ3n) is 5.07. The van der Waals surface area contributed by atoms with E-state index in [1.165, 1.54) is 27.7 Å². The first-order chi connectivity index (χ1) is 22.3. The van der Waals surface area contributed by atoms with Gasteiger partial charge in [0, 0.05) is 48.0 Å². The Morgan fingerprint density at radius 1 is 0.667 bits per heavy atom. The summed E-state index contributed by atoms with van der Waals surface area (Å²) in [6, 6.07) is 0. The van der Waals surface area contributed by atoms with Crippen LogP contribution in [0.15, 0.2) is 48.6 Å². The van der Waals surface area contributed by atoms with Gasteiger partial charge in [0.25, 0.3) is 0 Å². The van der Waals surface area contributed by atoms with Crippen molar-refractivity contribution in [3.8, 4) is 0 Å². The van der Waals surface area contributed by atoms with Crippen molar-refractivity contribution in [1.29, 1.82) is 0 Å². The SMILES string of the molecule is C=C(C)C(=O)OCC(COC(=O)C(=C)C)OC(=O)CCCC(=O)O.C=C(C)C(=O)OCC(O)COC(=O)C(=C)C.O=C1CCCC(=O)O1. The van der Waals surface area contributed by atoms with Crippen LogP contribution >= 0.6 is 0 Å². The molecule has 0 aromatic carbocycles. The minimum Gasteiger partial charge on any atom is -0.481 e. The molecule has 0 saturated carbocycles. The third kappa shape index (κ3) is 25.1. The average molecular weight is 685 g/mol. The molecule has 2 N–H and O–H groups in total. The third-order valence-corrected chi connectivity index (χ3v) is 5.07. The van der Waals surface area contributed by atoms with E-state index in [1.807, 2.05) is 0 Å². The summed E-state index contributed by atoms with van der Waals surface area (Å²) < 4.78 is 28.3. The zero-order valence-electron chi connectivity index (χ0n) is 27.7. The molecule has 0 radical (unpaired) electrons. The van der Waals surface area contributed by atoms with E-state index in [0.29, 0.717) is 19.3 Å². The summed E-state index contributed by atoms with van der Waals surface area (Å²) in [5.41, 5.74) is 0.818. The smallest absolute Gasteiger partial charge is 0.333 e.